The minimum absolute atomic E-state index is 0.0722. The monoisotopic (exact) mass is 352 g/mol. The van der Waals surface area contributed by atoms with Gasteiger partial charge < -0.3 is 5.32 Å². The fraction of sp³-hybridized carbons (Fsp3) is 0.188. The normalized spacial score (nSPS) is 11.5. The lowest BCUT2D eigenvalue weighted by atomic mass is 10.1. The van der Waals surface area contributed by atoms with E-state index in [1.165, 1.54) is 26.2 Å². The zero-order valence-corrected chi connectivity index (χ0v) is 14.6. The fourth-order valence-electron chi connectivity index (χ4n) is 1.97. The second kappa shape index (κ2) is 6.70. The van der Waals surface area contributed by atoms with Crippen LogP contribution in [0, 0.1) is 6.92 Å². The number of rotatable bonds is 4. The Morgan fingerprint density at radius 3 is 2.43 bits per heavy atom. The molecule has 0 atom stereocenters. The van der Waals surface area contributed by atoms with Crippen LogP contribution in [0.3, 0.4) is 0 Å². The van der Waals surface area contributed by atoms with Crippen LogP contribution >= 0.6 is 11.6 Å². The highest BCUT2D eigenvalue weighted by Crippen LogP contribution is 2.21. The molecule has 1 amide bonds. The minimum atomic E-state index is -3.58. The van der Waals surface area contributed by atoms with E-state index in [4.69, 9.17) is 11.6 Å². The molecule has 122 valence electrons. The molecule has 0 unspecified atom stereocenters. The van der Waals surface area contributed by atoms with Crippen molar-refractivity contribution in [3.63, 3.8) is 0 Å². The van der Waals surface area contributed by atoms with E-state index in [0.717, 1.165) is 9.87 Å². The third-order valence-electron chi connectivity index (χ3n) is 3.31. The molecule has 1 N–H and O–H groups in total. The van der Waals surface area contributed by atoms with Gasteiger partial charge in [0.2, 0.25) is 10.0 Å². The van der Waals surface area contributed by atoms with Gasteiger partial charge in [0.15, 0.2) is 0 Å². The molecule has 0 aliphatic carbocycles. The zero-order chi connectivity index (χ0) is 17.2. The molecule has 2 aromatic carbocycles. The number of anilines is 1. The van der Waals surface area contributed by atoms with E-state index in [0.29, 0.717) is 10.7 Å². The van der Waals surface area contributed by atoms with E-state index in [9.17, 15) is 13.2 Å². The van der Waals surface area contributed by atoms with Gasteiger partial charge in [0.25, 0.3) is 5.91 Å². The molecule has 0 aromatic heterocycles. The Bertz CT molecular complexity index is 848. The number of halogens is 1. The lowest BCUT2D eigenvalue weighted by Gasteiger charge is -2.13. The molecule has 0 aliphatic heterocycles. The van der Waals surface area contributed by atoms with E-state index >= 15 is 0 Å². The second-order valence-corrected chi connectivity index (χ2v) is 7.82. The lowest BCUT2D eigenvalue weighted by molar-refractivity contribution is 0.102. The van der Waals surface area contributed by atoms with Crippen molar-refractivity contribution in [1.82, 2.24) is 4.31 Å². The van der Waals surface area contributed by atoms with Gasteiger partial charge in [-0.2, -0.15) is 0 Å². The van der Waals surface area contributed by atoms with Crippen LogP contribution in [-0.4, -0.2) is 32.7 Å². The molecule has 0 spiro atoms. The average Bonchev–Trinajstić information content (AvgIpc) is 2.50. The molecule has 0 saturated carbocycles. The van der Waals surface area contributed by atoms with Crippen molar-refractivity contribution in [2.24, 2.45) is 0 Å². The van der Waals surface area contributed by atoms with Crippen LogP contribution in [0.5, 0.6) is 0 Å². The highest BCUT2D eigenvalue weighted by molar-refractivity contribution is 7.89. The molecule has 0 fully saturated rings. The van der Waals surface area contributed by atoms with Crippen molar-refractivity contribution < 1.29 is 13.2 Å². The van der Waals surface area contributed by atoms with Crippen molar-refractivity contribution in [3.05, 3.63) is 58.6 Å². The van der Waals surface area contributed by atoms with Crippen LogP contribution in [-0.2, 0) is 10.0 Å². The van der Waals surface area contributed by atoms with Crippen LogP contribution in [0.1, 0.15) is 15.9 Å². The first-order valence-electron chi connectivity index (χ1n) is 6.82. The lowest BCUT2D eigenvalue weighted by Crippen LogP contribution is -2.22. The maximum Gasteiger partial charge on any atom is 0.255 e. The molecule has 0 bridgehead atoms. The number of hydrogen-bond acceptors (Lipinski definition) is 3. The van der Waals surface area contributed by atoms with E-state index < -0.39 is 10.0 Å². The van der Waals surface area contributed by atoms with E-state index in [-0.39, 0.29) is 16.4 Å². The molecule has 23 heavy (non-hydrogen) atoms. The number of aryl methyl sites for hydroxylation is 1. The van der Waals surface area contributed by atoms with Crippen LogP contribution in [0.15, 0.2) is 47.4 Å². The first-order chi connectivity index (χ1) is 10.7. The van der Waals surface area contributed by atoms with Crippen LogP contribution in [0.4, 0.5) is 5.69 Å². The summed E-state index contributed by atoms with van der Waals surface area (Å²) in [6, 6.07) is 11.0. The zero-order valence-electron chi connectivity index (χ0n) is 13.0. The quantitative estimate of drug-likeness (QED) is 0.919. The Morgan fingerprint density at radius 1 is 1.13 bits per heavy atom. The Labute approximate surface area is 140 Å². The molecule has 7 heteroatoms. The predicted molar refractivity (Wildman–Crippen MR) is 91.5 cm³/mol. The highest BCUT2D eigenvalue weighted by atomic mass is 35.5. The number of nitrogens with one attached hydrogen (secondary N) is 1. The number of nitrogens with zero attached hydrogens (tertiary/aromatic N) is 1. The molecule has 2 rings (SSSR count). The first kappa shape index (κ1) is 17.5. The smallest absolute Gasteiger partial charge is 0.255 e. The molecular weight excluding hydrogens is 336 g/mol. The minimum Gasteiger partial charge on any atom is -0.322 e. The van der Waals surface area contributed by atoms with Crippen molar-refractivity contribution in [2.45, 2.75) is 11.8 Å². The van der Waals surface area contributed by atoms with Crippen LogP contribution < -0.4 is 5.32 Å². The summed E-state index contributed by atoms with van der Waals surface area (Å²) in [7, 11) is -0.696. The van der Waals surface area contributed by atoms with Gasteiger partial charge >= 0.3 is 0 Å². The SMILES string of the molecule is Cc1cc(Cl)ccc1NC(=O)c1cccc(S(=O)(=O)N(C)C)c1. The number of benzene rings is 2. The van der Waals surface area contributed by atoms with Crippen LogP contribution in [0.25, 0.3) is 0 Å². The Kier molecular flexibility index (Phi) is 5.09. The molecule has 0 saturated heterocycles. The first-order valence-corrected chi connectivity index (χ1v) is 8.63. The van der Waals surface area contributed by atoms with Gasteiger partial charge in [-0.05, 0) is 48.9 Å². The van der Waals surface area contributed by atoms with Gasteiger partial charge in [-0.3, -0.25) is 4.79 Å². The molecule has 0 heterocycles. The Morgan fingerprint density at radius 2 is 1.83 bits per heavy atom. The van der Waals surface area contributed by atoms with E-state index in [1.807, 2.05) is 6.92 Å². The number of carbonyl (C=O) groups is 1. The van der Waals surface area contributed by atoms with Crippen molar-refractivity contribution >= 4 is 33.2 Å². The standard InChI is InChI=1S/C16H17ClN2O3S/c1-11-9-13(17)7-8-15(11)18-16(20)12-5-4-6-14(10-12)23(21,22)19(2)3/h4-10H,1-3H3,(H,18,20). The Hall–Kier alpha value is -1.89. The maximum absolute atomic E-state index is 12.3. The number of sulfonamides is 1. The summed E-state index contributed by atoms with van der Waals surface area (Å²) in [6.45, 7) is 1.83. The van der Waals surface area contributed by atoms with Crippen LogP contribution in [0.2, 0.25) is 5.02 Å². The van der Waals surface area contributed by atoms with Gasteiger partial charge in [-0.25, -0.2) is 12.7 Å². The molecule has 5 nitrogen and oxygen atoms in total. The largest absolute Gasteiger partial charge is 0.322 e. The van der Waals surface area contributed by atoms with E-state index in [2.05, 4.69) is 5.32 Å². The highest BCUT2D eigenvalue weighted by Gasteiger charge is 2.19. The summed E-state index contributed by atoms with van der Waals surface area (Å²) in [5, 5.41) is 3.34. The van der Waals surface area contributed by atoms with Gasteiger partial charge in [-0.15, -0.1) is 0 Å². The van der Waals surface area contributed by atoms with Gasteiger partial charge in [0.1, 0.15) is 0 Å². The average molecular weight is 353 g/mol. The van der Waals surface area contributed by atoms with Crippen molar-refractivity contribution in [1.29, 1.82) is 0 Å². The number of hydrogen-bond donors (Lipinski definition) is 1. The second-order valence-electron chi connectivity index (χ2n) is 5.23. The maximum atomic E-state index is 12.3. The van der Waals surface area contributed by atoms with E-state index in [1.54, 1.807) is 30.3 Å². The van der Waals surface area contributed by atoms with Crippen molar-refractivity contribution in [2.75, 3.05) is 19.4 Å². The summed E-state index contributed by atoms with van der Waals surface area (Å²) < 4.78 is 25.4. The molecular formula is C16H17ClN2O3S. The number of carbonyl (C=O) groups excluding carboxylic acids is 1. The van der Waals surface area contributed by atoms with Gasteiger partial charge in [0, 0.05) is 30.4 Å². The van der Waals surface area contributed by atoms with Crippen molar-refractivity contribution in [3.8, 4) is 0 Å². The third-order valence-corrected chi connectivity index (χ3v) is 5.36. The van der Waals surface area contributed by atoms with Gasteiger partial charge in [0.05, 0.1) is 4.90 Å². The summed E-state index contributed by atoms with van der Waals surface area (Å²) in [5.74, 6) is -0.383. The Balaban J connectivity index is 2.30. The predicted octanol–water partition coefficient (Wildman–Crippen LogP) is 3.15. The van der Waals surface area contributed by atoms with Gasteiger partial charge in [-0.1, -0.05) is 17.7 Å². The fourth-order valence-corrected chi connectivity index (χ4v) is 3.15. The summed E-state index contributed by atoms with van der Waals surface area (Å²) >= 11 is 5.89. The molecule has 0 radical (unpaired) electrons. The summed E-state index contributed by atoms with van der Waals surface area (Å²) in [6.07, 6.45) is 0. The topological polar surface area (TPSA) is 66.5 Å². The molecule has 2 aromatic rings. The molecule has 0 aliphatic rings. The third kappa shape index (κ3) is 3.90. The summed E-state index contributed by atoms with van der Waals surface area (Å²) in [4.78, 5) is 12.4. The number of amides is 1. The summed E-state index contributed by atoms with van der Waals surface area (Å²) in [5.41, 5.74) is 1.71.